The van der Waals surface area contributed by atoms with Crippen molar-refractivity contribution in [1.82, 2.24) is 0 Å². The molecular formula is C16H20BrN. The molecule has 4 atom stereocenters. The number of anilines is 1. The van der Waals surface area contributed by atoms with Crippen molar-refractivity contribution < 1.29 is 0 Å². The Hall–Kier alpha value is -0.760. The van der Waals surface area contributed by atoms with E-state index in [4.69, 9.17) is 0 Å². The first-order chi connectivity index (χ1) is 8.63. The second-order valence-electron chi connectivity index (χ2n) is 5.86. The van der Waals surface area contributed by atoms with Gasteiger partial charge in [0, 0.05) is 16.2 Å². The third-order valence-corrected chi connectivity index (χ3v) is 5.14. The molecular weight excluding hydrogens is 286 g/mol. The van der Waals surface area contributed by atoms with Crippen LogP contribution in [0.25, 0.3) is 0 Å². The summed E-state index contributed by atoms with van der Waals surface area (Å²) in [6.45, 7) is 4.45. The molecule has 0 heterocycles. The van der Waals surface area contributed by atoms with Crippen LogP contribution in [-0.2, 0) is 0 Å². The topological polar surface area (TPSA) is 12.0 Å². The first-order valence-electron chi connectivity index (χ1n) is 6.84. The zero-order chi connectivity index (χ0) is 12.7. The molecule has 2 aliphatic carbocycles. The van der Waals surface area contributed by atoms with E-state index in [1.165, 1.54) is 28.6 Å². The summed E-state index contributed by atoms with van der Waals surface area (Å²) in [7, 11) is 0. The van der Waals surface area contributed by atoms with Crippen molar-refractivity contribution in [2.45, 2.75) is 32.7 Å². The first kappa shape index (κ1) is 12.3. The second-order valence-corrected chi connectivity index (χ2v) is 6.71. The van der Waals surface area contributed by atoms with Gasteiger partial charge in [-0.15, -0.1) is 0 Å². The molecule has 0 spiro atoms. The molecule has 2 bridgehead atoms. The molecule has 0 radical (unpaired) electrons. The molecule has 2 aliphatic rings. The lowest BCUT2D eigenvalue weighted by molar-refractivity contribution is 0.400. The average molecular weight is 306 g/mol. The van der Waals surface area contributed by atoms with Crippen LogP contribution in [0.3, 0.4) is 0 Å². The summed E-state index contributed by atoms with van der Waals surface area (Å²) in [6, 6.07) is 7.07. The monoisotopic (exact) mass is 305 g/mol. The van der Waals surface area contributed by atoms with Gasteiger partial charge in [0.05, 0.1) is 0 Å². The maximum absolute atomic E-state index is 3.68. The summed E-state index contributed by atoms with van der Waals surface area (Å²) in [5.41, 5.74) is 2.52. The molecule has 0 saturated heterocycles. The van der Waals surface area contributed by atoms with Crippen molar-refractivity contribution in [3.8, 4) is 0 Å². The van der Waals surface area contributed by atoms with Gasteiger partial charge in [0.25, 0.3) is 0 Å². The maximum Gasteiger partial charge on any atom is 0.0486 e. The molecule has 3 rings (SSSR count). The lowest BCUT2D eigenvalue weighted by atomic mass is 9.87. The predicted molar refractivity (Wildman–Crippen MR) is 80.8 cm³/mol. The number of hydrogen-bond donors (Lipinski definition) is 1. The number of rotatable bonds is 3. The fourth-order valence-electron chi connectivity index (χ4n) is 3.49. The number of fused-ring (bicyclic) bond motifs is 2. The number of benzene rings is 1. The SMILES string of the molecule is Cc1ccc(NC(C)C2CC3C=CC2C3)c(Br)c1. The number of allylic oxidation sites excluding steroid dienone is 2. The van der Waals surface area contributed by atoms with E-state index in [1.54, 1.807) is 0 Å². The quantitative estimate of drug-likeness (QED) is 0.793. The van der Waals surface area contributed by atoms with Gasteiger partial charge in [0.1, 0.15) is 0 Å². The van der Waals surface area contributed by atoms with Gasteiger partial charge in [0.2, 0.25) is 0 Å². The van der Waals surface area contributed by atoms with Gasteiger partial charge in [-0.2, -0.15) is 0 Å². The molecule has 0 aromatic heterocycles. The Morgan fingerprint density at radius 1 is 1.28 bits per heavy atom. The van der Waals surface area contributed by atoms with Gasteiger partial charge >= 0.3 is 0 Å². The standard InChI is InChI=1S/C16H20BrN/c1-10-3-6-16(15(17)7-10)18-11(2)14-9-12-4-5-13(14)8-12/h3-7,11-14,18H,8-9H2,1-2H3. The van der Waals surface area contributed by atoms with Gasteiger partial charge in [-0.05, 0) is 78.1 Å². The van der Waals surface area contributed by atoms with Crippen LogP contribution in [0, 0.1) is 24.7 Å². The van der Waals surface area contributed by atoms with E-state index in [9.17, 15) is 0 Å². The highest BCUT2D eigenvalue weighted by Crippen LogP contribution is 2.45. The number of nitrogens with one attached hydrogen (secondary N) is 1. The van der Waals surface area contributed by atoms with Crippen molar-refractivity contribution in [3.63, 3.8) is 0 Å². The van der Waals surface area contributed by atoms with Crippen LogP contribution in [0.1, 0.15) is 25.3 Å². The van der Waals surface area contributed by atoms with Crippen LogP contribution < -0.4 is 5.32 Å². The van der Waals surface area contributed by atoms with E-state index in [0.29, 0.717) is 6.04 Å². The van der Waals surface area contributed by atoms with Gasteiger partial charge in [-0.1, -0.05) is 18.2 Å². The van der Waals surface area contributed by atoms with Crippen LogP contribution in [0.15, 0.2) is 34.8 Å². The van der Waals surface area contributed by atoms with Crippen LogP contribution in [0.4, 0.5) is 5.69 Å². The lowest BCUT2D eigenvalue weighted by Crippen LogP contribution is -2.28. The first-order valence-corrected chi connectivity index (χ1v) is 7.64. The Balaban J connectivity index is 1.71. The Labute approximate surface area is 118 Å². The predicted octanol–water partition coefficient (Wildman–Crippen LogP) is 4.77. The van der Waals surface area contributed by atoms with E-state index in [2.05, 4.69) is 65.4 Å². The maximum atomic E-state index is 3.68. The van der Waals surface area contributed by atoms with Crippen LogP contribution in [0.5, 0.6) is 0 Å². The average Bonchev–Trinajstić information content (AvgIpc) is 2.94. The largest absolute Gasteiger partial charge is 0.381 e. The number of halogens is 1. The fourth-order valence-corrected chi connectivity index (χ4v) is 4.10. The molecule has 1 N–H and O–H groups in total. The smallest absolute Gasteiger partial charge is 0.0486 e. The molecule has 1 aromatic carbocycles. The summed E-state index contributed by atoms with van der Waals surface area (Å²) in [5, 5.41) is 3.68. The van der Waals surface area contributed by atoms with Crippen molar-refractivity contribution in [2.75, 3.05) is 5.32 Å². The molecule has 0 aliphatic heterocycles. The van der Waals surface area contributed by atoms with E-state index in [1.807, 2.05) is 0 Å². The summed E-state index contributed by atoms with van der Waals surface area (Å²) in [4.78, 5) is 0. The van der Waals surface area contributed by atoms with Gasteiger partial charge in [-0.3, -0.25) is 0 Å². The Bertz CT molecular complexity index is 480. The van der Waals surface area contributed by atoms with Crippen LogP contribution >= 0.6 is 15.9 Å². The normalized spacial score (nSPS) is 30.7. The Kier molecular flexibility index (Phi) is 3.23. The van der Waals surface area contributed by atoms with E-state index < -0.39 is 0 Å². The zero-order valence-corrected chi connectivity index (χ0v) is 12.6. The number of hydrogen-bond acceptors (Lipinski definition) is 1. The van der Waals surface area contributed by atoms with E-state index >= 15 is 0 Å². The Morgan fingerprint density at radius 3 is 2.72 bits per heavy atom. The molecule has 96 valence electrons. The highest BCUT2D eigenvalue weighted by molar-refractivity contribution is 9.10. The van der Waals surface area contributed by atoms with Crippen molar-refractivity contribution in [3.05, 3.63) is 40.4 Å². The number of aryl methyl sites for hydroxylation is 1. The minimum Gasteiger partial charge on any atom is -0.381 e. The summed E-state index contributed by atoms with van der Waals surface area (Å²) in [5.74, 6) is 2.46. The minimum atomic E-state index is 0.545. The van der Waals surface area contributed by atoms with Crippen molar-refractivity contribution >= 4 is 21.6 Å². The minimum absolute atomic E-state index is 0.545. The molecule has 1 fully saturated rings. The van der Waals surface area contributed by atoms with Crippen molar-refractivity contribution in [1.29, 1.82) is 0 Å². The van der Waals surface area contributed by atoms with Crippen molar-refractivity contribution in [2.24, 2.45) is 17.8 Å². The Morgan fingerprint density at radius 2 is 2.11 bits per heavy atom. The highest BCUT2D eigenvalue weighted by Gasteiger charge is 2.38. The van der Waals surface area contributed by atoms with Crippen LogP contribution in [-0.4, -0.2) is 6.04 Å². The van der Waals surface area contributed by atoms with Gasteiger partial charge in [-0.25, -0.2) is 0 Å². The zero-order valence-electron chi connectivity index (χ0n) is 11.0. The molecule has 1 aromatic rings. The second kappa shape index (κ2) is 4.73. The molecule has 1 nitrogen and oxygen atoms in total. The van der Waals surface area contributed by atoms with E-state index in [0.717, 1.165) is 17.8 Å². The van der Waals surface area contributed by atoms with Gasteiger partial charge < -0.3 is 5.32 Å². The van der Waals surface area contributed by atoms with Crippen LogP contribution in [0.2, 0.25) is 0 Å². The fraction of sp³-hybridized carbons (Fsp3) is 0.500. The molecule has 4 unspecified atom stereocenters. The highest BCUT2D eigenvalue weighted by atomic mass is 79.9. The third kappa shape index (κ3) is 2.23. The molecule has 1 saturated carbocycles. The lowest BCUT2D eigenvalue weighted by Gasteiger charge is -2.27. The molecule has 2 heteroatoms. The third-order valence-electron chi connectivity index (χ3n) is 4.48. The molecule has 18 heavy (non-hydrogen) atoms. The summed E-state index contributed by atoms with van der Waals surface area (Å²) in [6.07, 6.45) is 7.58. The molecule has 0 amide bonds. The van der Waals surface area contributed by atoms with Gasteiger partial charge in [0.15, 0.2) is 0 Å². The summed E-state index contributed by atoms with van der Waals surface area (Å²) < 4.78 is 1.17. The summed E-state index contributed by atoms with van der Waals surface area (Å²) >= 11 is 3.65. The van der Waals surface area contributed by atoms with E-state index in [-0.39, 0.29) is 0 Å².